The summed E-state index contributed by atoms with van der Waals surface area (Å²) in [5.41, 5.74) is 1.27. The molecule has 0 heterocycles. The number of thiocarbonyl (C=S) groups is 1. The van der Waals surface area contributed by atoms with Gasteiger partial charge in [0.25, 0.3) is 0 Å². The molecule has 0 spiro atoms. The number of nitrogens with zero attached hydrogens (tertiary/aromatic N) is 1. The zero-order valence-electron chi connectivity index (χ0n) is 11.7. The van der Waals surface area contributed by atoms with E-state index in [1.807, 2.05) is 30.3 Å². The van der Waals surface area contributed by atoms with Gasteiger partial charge < -0.3 is 15.7 Å². The Morgan fingerprint density at radius 3 is 2.64 bits per heavy atom. The van der Waals surface area contributed by atoms with Gasteiger partial charge in [0.1, 0.15) is 0 Å². The van der Waals surface area contributed by atoms with E-state index >= 15 is 0 Å². The fourth-order valence-corrected chi connectivity index (χ4v) is 2.11. The lowest BCUT2D eigenvalue weighted by molar-refractivity contribution is -0.385. The molecule has 0 fully saturated rings. The number of phenolic OH excluding ortho intramolecular Hbond substituents is 1. The molecule has 0 unspecified atom stereocenters. The van der Waals surface area contributed by atoms with Crippen molar-refractivity contribution in [2.24, 2.45) is 0 Å². The molecular formula is C15H15N3O3S. The van der Waals surface area contributed by atoms with Crippen LogP contribution in [0.15, 0.2) is 48.5 Å². The number of anilines is 1. The number of aromatic hydroxyl groups is 1. The maximum absolute atomic E-state index is 10.8. The molecule has 2 aromatic rings. The molecule has 0 bridgehead atoms. The molecule has 0 saturated heterocycles. The zero-order chi connectivity index (χ0) is 15.9. The molecule has 0 atom stereocenters. The number of hydrogen-bond donors (Lipinski definition) is 3. The number of nitrogens with one attached hydrogen (secondary N) is 2. The molecule has 0 aliphatic heterocycles. The van der Waals surface area contributed by atoms with E-state index in [1.165, 1.54) is 23.8 Å². The molecule has 0 aliphatic rings. The van der Waals surface area contributed by atoms with Crippen LogP contribution in [0.4, 0.5) is 11.4 Å². The first-order chi connectivity index (χ1) is 10.6. The highest BCUT2D eigenvalue weighted by atomic mass is 32.1. The van der Waals surface area contributed by atoms with Crippen molar-refractivity contribution in [2.75, 3.05) is 11.9 Å². The van der Waals surface area contributed by atoms with Crippen LogP contribution in [0.5, 0.6) is 5.75 Å². The summed E-state index contributed by atoms with van der Waals surface area (Å²) in [6.45, 7) is 0.649. The van der Waals surface area contributed by atoms with Gasteiger partial charge in [0.05, 0.1) is 4.92 Å². The largest absolute Gasteiger partial charge is 0.502 e. The third-order valence-corrected chi connectivity index (χ3v) is 3.22. The minimum absolute atomic E-state index is 0.364. The molecule has 0 radical (unpaired) electrons. The predicted molar refractivity (Wildman–Crippen MR) is 89.1 cm³/mol. The monoisotopic (exact) mass is 317 g/mol. The third-order valence-electron chi connectivity index (χ3n) is 2.97. The van der Waals surface area contributed by atoms with Crippen molar-refractivity contribution in [3.05, 3.63) is 64.2 Å². The second kappa shape index (κ2) is 7.37. The maximum atomic E-state index is 10.8. The van der Waals surface area contributed by atoms with Gasteiger partial charge in [-0.15, -0.1) is 0 Å². The Bertz CT molecular complexity index is 677. The summed E-state index contributed by atoms with van der Waals surface area (Å²) < 4.78 is 0. The van der Waals surface area contributed by atoms with E-state index in [9.17, 15) is 15.2 Å². The van der Waals surface area contributed by atoms with Gasteiger partial charge in [-0.3, -0.25) is 10.1 Å². The van der Waals surface area contributed by atoms with Gasteiger partial charge in [-0.2, -0.15) is 0 Å². The second-order valence-corrected chi connectivity index (χ2v) is 4.99. The second-order valence-electron chi connectivity index (χ2n) is 4.58. The number of nitro groups is 1. The minimum Gasteiger partial charge on any atom is -0.502 e. The molecule has 0 amide bonds. The molecule has 0 aromatic heterocycles. The summed E-state index contributed by atoms with van der Waals surface area (Å²) in [7, 11) is 0. The summed E-state index contributed by atoms with van der Waals surface area (Å²) in [4.78, 5) is 10.1. The zero-order valence-corrected chi connectivity index (χ0v) is 12.5. The van der Waals surface area contributed by atoms with Crippen LogP contribution in [0, 0.1) is 10.1 Å². The number of hydrogen-bond acceptors (Lipinski definition) is 4. The van der Waals surface area contributed by atoms with E-state index in [4.69, 9.17) is 12.2 Å². The van der Waals surface area contributed by atoms with Gasteiger partial charge in [-0.05, 0) is 36.3 Å². The van der Waals surface area contributed by atoms with E-state index in [2.05, 4.69) is 10.6 Å². The number of phenols is 1. The first-order valence-corrected chi connectivity index (χ1v) is 7.03. The normalized spacial score (nSPS) is 10.0. The van der Waals surface area contributed by atoms with Crippen LogP contribution < -0.4 is 10.6 Å². The molecule has 3 N–H and O–H groups in total. The van der Waals surface area contributed by atoms with Crippen molar-refractivity contribution < 1.29 is 10.0 Å². The lowest BCUT2D eigenvalue weighted by Crippen LogP contribution is -2.30. The van der Waals surface area contributed by atoms with Crippen LogP contribution in [-0.2, 0) is 6.42 Å². The smallest absolute Gasteiger partial charge is 0.312 e. The fraction of sp³-hybridized carbons (Fsp3) is 0.133. The van der Waals surface area contributed by atoms with E-state index in [1.54, 1.807) is 0 Å². The van der Waals surface area contributed by atoms with Gasteiger partial charge in [0.2, 0.25) is 0 Å². The maximum Gasteiger partial charge on any atom is 0.312 e. The quantitative estimate of drug-likeness (QED) is 0.340. The average Bonchev–Trinajstić information content (AvgIpc) is 2.50. The molecule has 0 saturated carbocycles. The van der Waals surface area contributed by atoms with E-state index < -0.39 is 4.92 Å². The minimum atomic E-state index is -0.646. The average molecular weight is 317 g/mol. The first-order valence-electron chi connectivity index (χ1n) is 6.62. The predicted octanol–water partition coefficient (Wildman–Crippen LogP) is 2.83. The summed E-state index contributed by atoms with van der Waals surface area (Å²) >= 11 is 5.14. The molecule has 7 heteroatoms. The van der Waals surface area contributed by atoms with Crippen molar-refractivity contribution in [3.63, 3.8) is 0 Å². The number of rotatable bonds is 5. The SMILES string of the molecule is O=[N+]([O-])c1cc(NC(=S)NCCc2ccccc2)ccc1O. The third kappa shape index (κ3) is 4.42. The summed E-state index contributed by atoms with van der Waals surface area (Å²) in [6.07, 6.45) is 0.818. The van der Waals surface area contributed by atoms with Gasteiger partial charge in [-0.1, -0.05) is 30.3 Å². The molecule has 0 aliphatic carbocycles. The van der Waals surface area contributed by atoms with E-state index in [0.29, 0.717) is 17.3 Å². The Labute approximate surface area is 132 Å². The van der Waals surface area contributed by atoms with Crippen LogP contribution >= 0.6 is 12.2 Å². The van der Waals surface area contributed by atoms with Gasteiger partial charge >= 0.3 is 5.69 Å². The molecule has 22 heavy (non-hydrogen) atoms. The number of nitro benzene ring substituents is 1. The highest BCUT2D eigenvalue weighted by Gasteiger charge is 2.13. The fourth-order valence-electron chi connectivity index (χ4n) is 1.89. The Morgan fingerprint density at radius 2 is 1.95 bits per heavy atom. The Kier molecular flexibility index (Phi) is 5.26. The van der Waals surface area contributed by atoms with Crippen LogP contribution in [0.2, 0.25) is 0 Å². The molecule has 114 valence electrons. The standard InChI is InChI=1S/C15H15N3O3S/c19-14-7-6-12(10-13(14)18(20)21)17-15(22)16-9-8-11-4-2-1-3-5-11/h1-7,10,19H,8-9H2,(H2,16,17,22). The van der Waals surface area contributed by atoms with Crippen molar-refractivity contribution in [1.82, 2.24) is 5.32 Å². The Hall–Kier alpha value is -2.67. The van der Waals surface area contributed by atoms with Gasteiger partial charge in [0, 0.05) is 18.3 Å². The molecule has 2 aromatic carbocycles. The lowest BCUT2D eigenvalue weighted by atomic mass is 10.1. The van der Waals surface area contributed by atoms with Crippen molar-refractivity contribution in [1.29, 1.82) is 0 Å². The molecule has 2 rings (SSSR count). The highest BCUT2D eigenvalue weighted by Crippen LogP contribution is 2.28. The van der Waals surface area contributed by atoms with Crippen molar-refractivity contribution >= 4 is 28.7 Å². The summed E-state index contributed by atoms with van der Waals surface area (Å²) in [5, 5.41) is 26.4. The van der Waals surface area contributed by atoms with Gasteiger partial charge in [0.15, 0.2) is 10.9 Å². The van der Waals surface area contributed by atoms with Gasteiger partial charge in [-0.25, -0.2) is 0 Å². The first kappa shape index (κ1) is 15.7. The van der Waals surface area contributed by atoms with Crippen LogP contribution in [0.1, 0.15) is 5.56 Å². The summed E-state index contributed by atoms with van der Waals surface area (Å²) in [5.74, 6) is -0.376. The molecule has 6 nitrogen and oxygen atoms in total. The lowest BCUT2D eigenvalue weighted by Gasteiger charge is -2.10. The number of benzene rings is 2. The topological polar surface area (TPSA) is 87.4 Å². The van der Waals surface area contributed by atoms with E-state index in [-0.39, 0.29) is 11.4 Å². The van der Waals surface area contributed by atoms with Crippen LogP contribution in [-0.4, -0.2) is 21.7 Å². The Balaban J connectivity index is 1.87. The van der Waals surface area contributed by atoms with Crippen molar-refractivity contribution in [2.45, 2.75) is 6.42 Å². The van der Waals surface area contributed by atoms with Crippen LogP contribution in [0.3, 0.4) is 0 Å². The van der Waals surface area contributed by atoms with E-state index in [0.717, 1.165) is 6.42 Å². The van der Waals surface area contributed by atoms with Crippen LogP contribution in [0.25, 0.3) is 0 Å². The summed E-state index contributed by atoms with van der Waals surface area (Å²) in [6, 6.07) is 14.0. The van der Waals surface area contributed by atoms with Crippen molar-refractivity contribution in [3.8, 4) is 5.75 Å². The molecular weight excluding hydrogens is 302 g/mol. The Morgan fingerprint density at radius 1 is 1.23 bits per heavy atom. The highest BCUT2D eigenvalue weighted by molar-refractivity contribution is 7.80.